The van der Waals surface area contributed by atoms with Gasteiger partial charge in [-0.3, -0.25) is 0 Å². The van der Waals surface area contributed by atoms with E-state index in [0.717, 1.165) is 64.0 Å². The fourth-order valence-electron chi connectivity index (χ4n) is 3.66. The van der Waals surface area contributed by atoms with Crippen LogP contribution in [0.3, 0.4) is 0 Å². The summed E-state index contributed by atoms with van der Waals surface area (Å²) >= 11 is 0. The van der Waals surface area contributed by atoms with Gasteiger partial charge in [-0.2, -0.15) is 0 Å². The third kappa shape index (κ3) is 12.5. The van der Waals surface area contributed by atoms with Gasteiger partial charge in [0.15, 0.2) is 0 Å². The zero-order chi connectivity index (χ0) is 21.3. The molecular weight excluding hydrogens is 370 g/mol. The first-order valence-electron chi connectivity index (χ1n) is 11.5. The summed E-state index contributed by atoms with van der Waals surface area (Å²) in [6.45, 7) is 11.0. The third-order valence-corrected chi connectivity index (χ3v) is 8.41. The minimum Gasteiger partial charge on any atom is -0.374 e. The number of hydrogen-bond acceptors (Lipinski definition) is 6. The molecule has 170 valence electrons. The highest BCUT2D eigenvalue weighted by atomic mass is 28.4. The Balaban J connectivity index is 5.20. The standard InChI is InChI=1S/C21H49N3O3Si/c1-5-13-20(24)14-16-21(4,15-10-8-9-11-17-22)27-28(25-6-2,26-7-3)19-12-18-23/h20H,5-19,22-24H2,1-4H3. The molecule has 6 nitrogen and oxygen atoms in total. The maximum atomic E-state index is 6.80. The fourth-order valence-corrected chi connectivity index (χ4v) is 6.72. The van der Waals surface area contributed by atoms with Crippen molar-refractivity contribution in [3.05, 3.63) is 0 Å². The van der Waals surface area contributed by atoms with E-state index in [1.165, 1.54) is 12.8 Å². The molecule has 0 aromatic rings. The summed E-state index contributed by atoms with van der Waals surface area (Å²) in [5, 5.41) is 0. The quantitative estimate of drug-likeness (QED) is 0.204. The SMILES string of the molecule is CCCC(N)CCC(C)(CCCCCCN)O[Si](CCCN)(OCC)OCC. The van der Waals surface area contributed by atoms with Gasteiger partial charge in [0.1, 0.15) is 0 Å². The monoisotopic (exact) mass is 419 g/mol. The number of nitrogens with two attached hydrogens (primary N) is 3. The van der Waals surface area contributed by atoms with Crippen molar-refractivity contribution in [2.45, 2.75) is 110 Å². The lowest BCUT2D eigenvalue weighted by molar-refractivity contribution is -0.0325. The maximum absolute atomic E-state index is 6.80. The first-order chi connectivity index (χ1) is 13.4. The van der Waals surface area contributed by atoms with E-state index in [-0.39, 0.29) is 11.6 Å². The highest BCUT2D eigenvalue weighted by Gasteiger charge is 2.46. The highest BCUT2D eigenvalue weighted by molar-refractivity contribution is 6.60. The molecule has 0 saturated heterocycles. The Bertz CT molecular complexity index is 358. The van der Waals surface area contributed by atoms with Gasteiger partial charge in [-0.1, -0.05) is 32.6 Å². The van der Waals surface area contributed by atoms with Crippen LogP contribution in [0.5, 0.6) is 0 Å². The molecule has 0 saturated carbocycles. The Hall–Kier alpha value is -0.0231. The lowest BCUT2D eigenvalue weighted by atomic mass is 9.90. The summed E-state index contributed by atoms with van der Waals surface area (Å²) in [5.74, 6) is 0. The van der Waals surface area contributed by atoms with Crippen molar-refractivity contribution in [3.63, 3.8) is 0 Å². The van der Waals surface area contributed by atoms with E-state index in [0.29, 0.717) is 19.8 Å². The first-order valence-corrected chi connectivity index (χ1v) is 13.5. The van der Waals surface area contributed by atoms with Gasteiger partial charge >= 0.3 is 8.80 Å². The van der Waals surface area contributed by atoms with Crippen LogP contribution in [0, 0.1) is 0 Å². The molecule has 0 fully saturated rings. The van der Waals surface area contributed by atoms with Gasteiger partial charge in [0.25, 0.3) is 0 Å². The minimum absolute atomic E-state index is 0.226. The summed E-state index contributed by atoms with van der Waals surface area (Å²) in [6.07, 6.45) is 10.5. The Morgan fingerprint density at radius 2 is 1.43 bits per heavy atom. The number of rotatable bonds is 20. The van der Waals surface area contributed by atoms with Gasteiger partial charge in [-0.15, -0.1) is 0 Å². The van der Waals surface area contributed by atoms with Crippen LogP contribution in [0.25, 0.3) is 0 Å². The normalized spacial score (nSPS) is 15.5. The Morgan fingerprint density at radius 1 is 0.821 bits per heavy atom. The van der Waals surface area contributed by atoms with E-state index >= 15 is 0 Å². The fraction of sp³-hybridized carbons (Fsp3) is 1.00. The second kappa shape index (κ2) is 16.7. The highest BCUT2D eigenvalue weighted by Crippen LogP contribution is 2.33. The summed E-state index contributed by atoms with van der Waals surface area (Å²) < 4.78 is 19.1. The lowest BCUT2D eigenvalue weighted by Gasteiger charge is -2.40. The van der Waals surface area contributed by atoms with Gasteiger partial charge in [0.05, 0.1) is 5.60 Å². The Labute approximate surface area is 175 Å². The van der Waals surface area contributed by atoms with Crippen molar-refractivity contribution in [1.29, 1.82) is 0 Å². The van der Waals surface area contributed by atoms with Crippen molar-refractivity contribution >= 4 is 8.80 Å². The molecule has 7 heteroatoms. The molecule has 0 spiro atoms. The number of unbranched alkanes of at least 4 members (excludes halogenated alkanes) is 3. The average molecular weight is 420 g/mol. The molecule has 2 atom stereocenters. The van der Waals surface area contributed by atoms with Crippen LogP contribution < -0.4 is 17.2 Å². The third-order valence-electron chi connectivity index (χ3n) is 5.18. The van der Waals surface area contributed by atoms with Gasteiger partial charge in [-0.05, 0) is 72.4 Å². The summed E-state index contributed by atoms with van der Waals surface area (Å²) in [5.41, 5.74) is 17.4. The largest absolute Gasteiger partial charge is 0.501 e. The lowest BCUT2D eigenvalue weighted by Crippen LogP contribution is -2.52. The zero-order valence-corrected chi connectivity index (χ0v) is 20.1. The summed E-state index contributed by atoms with van der Waals surface area (Å²) in [7, 11) is -2.76. The van der Waals surface area contributed by atoms with Gasteiger partial charge in [-0.25, -0.2) is 0 Å². The summed E-state index contributed by atoms with van der Waals surface area (Å²) in [6, 6.07) is 0.999. The Morgan fingerprint density at radius 3 is 1.96 bits per heavy atom. The summed E-state index contributed by atoms with van der Waals surface area (Å²) in [4.78, 5) is 0. The van der Waals surface area contributed by atoms with E-state index in [2.05, 4.69) is 13.8 Å². The molecular formula is C21H49N3O3Si. The topological polar surface area (TPSA) is 106 Å². The molecule has 28 heavy (non-hydrogen) atoms. The smallest absolute Gasteiger partial charge is 0.374 e. The van der Waals surface area contributed by atoms with Crippen LogP contribution in [0.1, 0.15) is 91.9 Å². The molecule has 0 aliphatic heterocycles. The van der Waals surface area contributed by atoms with E-state index < -0.39 is 8.80 Å². The van der Waals surface area contributed by atoms with Gasteiger partial charge in [0, 0.05) is 25.3 Å². The predicted octanol–water partition coefficient (Wildman–Crippen LogP) is 3.94. The van der Waals surface area contributed by atoms with E-state index in [1.54, 1.807) is 0 Å². The zero-order valence-electron chi connectivity index (χ0n) is 19.1. The molecule has 0 bridgehead atoms. The molecule has 0 radical (unpaired) electrons. The van der Waals surface area contributed by atoms with Gasteiger partial charge in [0.2, 0.25) is 0 Å². The molecule has 0 aromatic heterocycles. The first kappa shape index (κ1) is 28.0. The average Bonchev–Trinajstić information content (AvgIpc) is 2.65. The second-order valence-corrected chi connectivity index (χ2v) is 10.7. The van der Waals surface area contributed by atoms with Crippen molar-refractivity contribution in [1.82, 2.24) is 0 Å². The van der Waals surface area contributed by atoms with Crippen molar-refractivity contribution < 1.29 is 13.3 Å². The van der Waals surface area contributed by atoms with Crippen molar-refractivity contribution in [3.8, 4) is 0 Å². The van der Waals surface area contributed by atoms with Crippen LogP contribution in [-0.2, 0) is 13.3 Å². The molecule has 0 heterocycles. The predicted molar refractivity (Wildman–Crippen MR) is 121 cm³/mol. The van der Waals surface area contributed by atoms with E-state index in [1.807, 2.05) is 13.8 Å². The second-order valence-electron chi connectivity index (χ2n) is 8.03. The molecule has 0 aromatic carbocycles. The molecule has 6 N–H and O–H groups in total. The molecule has 2 unspecified atom stereocenters. The number of hydrogen-bond donors (Lipinski definition) is 3. The van der Waals surface area contributed by atoms with Crippen LogP contribution in [0.4, 0.5) is 0 Å². The van der Waals surface area contributed by atoms with Gasteiger partial charge < -0.3 is 30.5 Å². The molecule has 0 aliphatic carbocycles. The minimum atomic E-state index is -2.76. The van der Waals surface area contributed by atoms with Crippen LogP contribution in [0.15, 0.2) is 0 Å². The van der Waals surface area contributed by atoms with Crippen LogP contribution in [-0.4, -0.2) is 46.8 Å². The van der Waals surface area contributed by atoms with Crippen LogP contribution in [0.2, 0.25) is 6.04 Å². The maximum Gasteiger partial charge on any atom is 0.501 e. The van der Waals surface area contributed by atoms with Crippen LogP contribution >= 0.6 is 0 Å². The molecule has 0 aliphatic rings. The van der Waals surface area contributed by atoms with E-state index in [9.17, 15) is 0 Å². The van der Waals surface area contributed by atoms with Crippen molar-refractivity contribution in [2.75, 3.05) is 26.3 Å². The van der Waals surface area contributed by atoms with Crippen molar-refractivity contribution in [2.24, 2.45) is 17.2 Å². The van der Waals surface area contributed by atoms with E-state index in [4.69, 9.17) is 30.5 Å². The molecule has 0 amide bonds. The molecule has 0 rings (SSSR count). The Kier molecular flexibility index (Phi) is 16.7.